The number of thiazole rings is 1. The Morgan fingerprint density at radius 1 is 1.21 bits per heavy atom. The zero-order valence-electron chi connectivity index (χ0n) is 15.2. The van der Waals surface area contributed by atoms with Crippen LogP contribution in [-0.2, 0) is 10.7 Å². The number of alkyl halides is 2. The van der Waals surface area contributed by atoms with Gasteiger partial charge >= 0.3 is 5.92 Å². The zero-order valence-corrected chi connectivity index (χ0v) is 16.0. The van der Waals surface area contributed by atoms with Gasteiger partial charge in [0.25, 0.3) is 11.1 Å². The molecule has 1 heterocycles. The maximum absolute atomic E-state index is 14.3. The number of hydrogen-bond acceptors (Lipinski definition) is 5. The summed E-state index contributed by atoms with van der Waals surface area (Å²) in [5, 5.41) is 2.49. The van der Waals surface area contributed by atoms with Crippen LogP contribution in [0.1, 0.15) is 5.56 Å². The molecule has 0 unspecified atom stereocenters. The number of fused-ring (bicyclic) bond motifs is 1. The highest BCUT2D eigenvalue weighted by molar-refractivity contribution is 7.20. The topological polar surface area (TPSA) is 54.5 Å². The van der Waals surface area contributed by atoms with Crippen molar-refractivity contribution < 1.29 is 22.7 Å². The molecule has 0 fully saturated rings. The Labute approximate surface area is 163 Å². The fourth-order valence-corrected chi connectivity index (χ4v) is 3.25. The number of rotatable bonds is 7. The van der Waals surface area contributed by atoms with Crippen molar-refractivity contribution in [3.8, 4) is 10.9 Å². The predicted octanol–water partition coefficient (Wildman–Crippen LogP) is 4.00. The highest BCUT2D eigenvalue weighted by atomic mass is 32.1. The largest absolute Gasteiger partial charge is 0.431 e. The number of carbonyl (C=O) groups is 1. The molecule has 5 nitrogen and oxygen atoms in total. The smallest absolute Gasteiger partial charge is 0.349 e. The SMILES string of the molecule is CN(C)CCNC(=O)C(F)(F)c1ccc(Oc2nc3ccc(F)cc3s2)cc1. The van der Waals surface area contributed by atoms with Crippen molar-refractivity contribution in [1.82, 2.24) is 15.2 Å². The van der Waals surface area contributed by atoms with E-state index >= 15 is 0 Å². The summed E-state index contributed by atoms with van der Waals surface area (Å²) < 4.78 is 48.0. The molecule has 0 aliphatic rings. The van der Waals surface area contributed by atoms with Crippen LogP contribution in [0.25, 0.3) is 10.2 Å². The molecule has 2 aromatic carbocycles. The summed E-state index contributed by atoms with van der Waals surface area (Å²) in [6, 6.07) is 9.12. The van der Waals surface area contributed by atoms with E-state index in [1.54, 1.807) is 19.0 Å². The van der Waals surface area contributed by atoms with Crippen molar-refractivity contribution >= 4 is 27.5 Å². The van der Waals surface area contributed by atoms with E-state index in [1.165, 1.54) is 30.3 Å². The average Bonchev–Trinajstić information content (AvgIpc) is 3.03. The summed E-state index contributed by atoms with van der Waals surface area (Å²) in [5.41, 5.74) is 0.146. The highest BCUT2D eigenvalue weighted by Crippen LogP contribution is 2.34. The molecular weight excluding hydrogens is 391 g/mol. The number of nitrogens with one attached hydrogen (secondary N) is 1. The Morgan fingerprint density at radius 2 is 1.93 bits per heavy atom. The predicted molar refractivity (Wildman–Crippen MR) is 102 cm³/mol. The lowest BCUT2D eigenvalue weighted by Crippen LogP contribution is -2.40. The van der Waals surface area contributed by atoms with Crippen LogP contribution in [0, 0.1) is 5.82 Å². The van der Waals surface area contributed by atoms with Gasteiger partial charge in [0.05, 0.1) is 10.2 Å². The second-order valence-electron chi connectivity index (χ2n) is 6.35. The number of hydrogen-bond donors (Lipinski definition) is 1. The summed E-state index contributed by atoms with van der Waals surface area (Å²) in [7, 11) is 3.57. The molecule has 3 rings (SSSR count). The fourth-order valence-electron chi connectivity index (χ4n) is 2.39. The van der Waals surface area contributed by atoms with Gasteiger partial charge in [-0.1, -0.05) is 11.3 Å². The van der Waals surface area contributed by atoms with Crippen LogP contribution in [0.5, 0.6) is 10.9 Å². The molecule has 3 aromatic rings. The van der Waals surface area contributed by atoms with E-state index in [0.717, 1.165) is 23.5 Å². The van der Waals surface area contributed by atoms with Crippen molar-refractivity contribution in [2.75, 3.05) is 27.2 Å². The first-order valence-corrected chi connectivity index (χ1v) is 9.22. The van der Waals surface area contributed by atoms with E-state index in [0.29, 0.717) is 16.8 Å². The van der Waals surface area contributed by atoms with Gasteiger partial charge in [0.15, 0.2) is 0 Å². The number of benzene rings is 2. The summed E-state index contributed by atoms with van der Waals surface area (Å²) in [4.78, 5) is 17.8. The third kappa shape index (κ3) is 4.60. The molecule has 0 radical (unpaired) electrons. The van der Waals surface area contributed by atoms with Crippen LogP contribution >= 0.6 is 11.3 Å². The Balaban J connectivity index is 1.68. The minimum absolute atomic E-state index is 0.126. The third-order valence-electron chi connectivity index (χ3n) is 3.88. The van der Waals surface area contributed by atoms with E-state index in [2.05, 4.69) is 10.3 Å². The minimum atomic E-state index is -3.65. The second kappa shape index (κ2) is 8.15. The third-order valence-corrected chi connectivity index (χ3v) is 4.78. The average molecular weight is 409 g/mol. The van der Waals surface area contributed by atoms with Crippen molar-refractivity contribution in [3.63, 3.8) is 0 Å². The number of halogens is 3. The number of likely N-dealkylation sites (N-methyl/N-ethyl adjacent to an activating group) is 1. The molecule has 0 bridgehead atoms. The molecular formula is C19H18F3N3O2S. The molecule has 0 atom stereocenters. The molecule has 148 valence electrons. The maximum atomic E-state index is 14.3. The Bertz CT molecular complexity index is 974. The van der Waals surface area contributed by atoms with Gasteiger partial charge in [-0.15, -0.1) is 0 Å². The highest BCUT2D eigenvalue weighted by Gasteiger charge is 2.40. The standard InChI is InChI=1S/C19H18F3N3O2S/c1-25(2)10-9-23-17(26)19(21,22)12-3-6-14(7-4-12)27-18-24-15-8-5-13(20)11-16(15)28-18/h3-8,11H,9-10H2,1-2H3,(H,23,26). The quantitative estimate of drug-likeness (QED) is 0.641. The second-order valence-corrected chi connectivity index (χ2v) is 7.35. The molecule has 0 aliphatic heterocycles. The molecule has 0 saturated carbocycles. The number of amides is 1. The van der Waals surface area contributed by atoms with Gasteiger partial charge < -0.3 is 15.0 Å². The lowest BCUT2D eigenvalue weighted by atomic mass is 10.1. The molecule has 1 amide bonds. The summed E-state index contributed by atoms with van der Waals surface area (Å²) in [6.45, 7) is 0.585. The van der Waals surface area contributed by atoms with Gasteiger partial charge in [0, 0.05) is 18.7 Å². The molecule has 0 aliphatic carbocycles. The van der Waals surface area contributed by atoms with Crippen LogP contribution in [0.2, 0.25) is 0 Å². The molecule has 0 spiro atoms. The molecule has 28 heavy (non-hydrogen) atoms. The van der Waals surface area contributed by atoms with Crippen molar-refractivity contribution in [1.29, 1.82) is 0 Å². The van der Waals surface area contributed by atoms with Gasteiger partial charge in [0.2, 0.25) is 0 Å². The molecule has 1 N–H and O–H groups in total. The van der Waals surface area contributed by atoms with E-state index in [1.807, 2.05) is 0 Å². The van der Waals surface area contributed by atoms with Crippen molar-refractivity contribution in [2.45, 2.75) is 5.92 Å². The Hall–Kier alpha value is -2.65. The molecule has 9 heteroatoms. The molecule has 1 aromatic heterocycles. The first-order chi connectivity index (χ1) is 13.3. The lowest BCUT2D eigenvalue weighted by molar-refractivity contribution is -0.147. The van der Waals surface area contributed by atoms with Crippen LogP contribution in [0.15, 0.2) is 42.5 Å². The van der Waals surface area contributed by atoms with E-state index in [4.69, 9.17) is 4.74 Å². The number of aromatic nitrogens is 1. The maximum Gasteiger partial charge on any atom is 0.349 e. The zero-order chi connectivity index (χ0) is 20.3. The minimum Gasteiger partial charge on any atom is -0.431 e. The van der Waals surface area contributed by atoms with Gasteiger partial charge in [-0.05, 0) is 56.6 Å². The van der Waals surface area contributed by atoms with E-state index in [-0.39, 0.29) is 23.3 Å². The van der Waals surface area contributed by atoms with Crippen LogP contribution in [0.4, 0.5) is 13.2 Å². The van der Waals surface area contributed by atoms with Gasteiger partial charge in [-0.2, -0.15) is 8.78 Å². The summed E-state index contributed by atoms with van der Waals surface area (Å²) >= 11 is 1.14. The lowest BCUT2D eigenvalue weighted by Gasteiger charge is -2.17. The summed E-state index contributed by atoms with van der Waals surface area (Å²) in [5.74, 6) is -5.10. The molecule has 0 saturated heterocycles. The normalized spacial score (nSPS) is 11.8. The first-order valence-electron chi connectivity index (χ1n) is 8.41. The van der Waals surface area contributed by atoms with Gasteiger partial charge in [0.1, 0.15) is 11.6 Å². The van der Waals surface area contributed by atoms with Crippen LogP contribution < -0.4 is 10.1 Å². The van der Waals surface area contributed by atoms with Crippen LogP contribution in [0.3, 0.4) is 0 Å². The Kier molecular flexibility index (Phi) is 5.85. The number of nitrogens with zero attached hydrogens (tertiary/aromatic N) is 2. The van der Waals surface area contributed by atoms with E-state index in [9.17, 15) is 18.0 Å². The number of carbonyl (C=O) groups excluding carboxylic acids is 1. The van der Waals surface area contributed by atoms with Gasteiger partial charge in [-0.25, -0.2) is 9.37 Å². The summed E-state index contributed by atoms with van der Waals surface area (Å²) in [6.07, 6.45) is 0. The number of ether oxygens (including phenoxy) is 1. The Morgan fingerprint density at radius 3 is 2.61 bits per heavy atom. The monoisotopic (exact) mass is 409 g/mol. The first kappa shape index (κ1) is 20.1. The van der Waals surface area contributed by atoms with E-state index < -0.39 is 17.4 Å². The van der Waals surface area contributed by atoms with Gasteiger partial charge in [-0.3, -0.25) is 4.79 Å². The van der Waals surface area contributed by atoms with Crippen LogP contribution in [-0.4, -0.2) is 43.0 Å². The van der Waals surface area contributed by atoms with Crippen molar-refractivity contribution in [2.24, 2.45) is 0 Å². The van der Waals surface area contributed by atoms with Crippen molar-refractivity contribution in [3.05, 3.63) is 53.8 Å². The fraction of sp³-hybridized carbons (Fsp3) is 0.263.